The maximum atomic E-state index is 12.3. The summed E-state index contributed by atoms with van der Waals surface area (Å²) in [5.74, 6) is 2.42. The molecule has 3 nitrogen and oxygen atoms in total. The van der Waals surface area contributed by atoms with Crippen LogP contribution in [0, 0.1) is 24.7 Å². The van der Waals surface area contributed by atoms with E-state index in [9.17, 15) is 4.79 Å². The number of hydrogen-bond donors (Lipinski definition) is 1. The van der Waals surface area contributed by atoms with Gasteiger partial charge in [-0.3, -0.25) is 4.79 Å². The molecule has 120 valence electrons. The molecule has 0 radical (unpaired) electrons. The zero-order chi connectivity index (χ0) is 15.8. The standard InChI is InChI=1S/C19H22N2OS/c1-12-2-5-14(6-3-12)17-11-23-19(20-17)21-18(22)10-16-9-13-4-7-15(16)8-13/h2-3,5-6,11,13,15-16H,4,7-10H2,1H3,(H,20,21,22)/t13-,15-,16+/m1/s1. The number of hydrogen-bond acceptors (Lipinski definition) is 3. The largest absolute Gasteiger partial charge is 0.302 e. The van der Waals surface area contributed by atoms with Gasteiger partial charge in [0.25, 0.3) is 0 Å². The number of thiazole rings is 1. The fourth-order valence-corrected chi connectivity index (χ4v) is 4.96. The van der Waals surface area contributed by atoms with Crippen LogP contribution in [0.2, 0.25) is 0 Å². The summed E-state index contributed by atoms with van der Waals surface area (Å²) >= 11 is 1.51. The van der Waals surface area contributed by atoms with Crippen molar-refractivity contribution in [3.05, 3.63) is 35.2 Å². The van der Waals surface area contributed by atoms with Crippen molar-refractivity contribution in [2.45, 2.75) is 39.0 Å². The first-order chi connectivity index (χ1) is 11.2. The van der Waals surface area contributed by atoms with Crippen molar-refractivity contribution in [3.63, 3.8) is 0 Å². The molecule has 1 amide bonds. The van der Waals surface area contributed by atoms with E-state index in [0.717, 1.165) is 23.1 Å². The molecule has 2 fully saturated rings. The number of carbonyl (C=O) groups is 1. The van der Waals surface area contributed by atoms with Crippen LogP contribution in [0.15, 0.2) is 29.6 Å². The summed E-state index contributed by atoms with van der Waals surface area (Å²) in [4.78, 5) is 16.8. The Bertz CT molecular complexity index is 706. The summed E-state index contributed by atoms with van der Waals surface area (Å²) in [6.07, 6.45) is 5.99. The highest BCUT2D eigenvalue weighted by Gasteiger charge is 2.40. The number of fused-ring (bicyclic) bond motifs is 2. The molecule has 2 aliphatic carbocycles. The normalized spacial score (nSPS) is 25.7. The number of carbonyl (C=O) groups excluding carboxylic acids is 1. The second-order valence-corrected chi connectivity index (χ2v) is 7.95. The van der Waals surface area contributed by atoms with Gasteiger partial charge in [0.15, 0.2) is 5.13 Å². The zero-order valence-corrected chi connectivity index (χ0v) is 14.2. The van der Waals surface area contributed by atoms with Crippen LogP contribution in [0.4, 0.5) is 5.13 Å². The summed E-state index contributed by atoms with van der Waals surface area (Å²) in [7, 11) is 0. The van der Waals surface area contributed by atoms with Gasteiger partial charge in [0.2, 0.25) is 5.91 Å². The Balaban J connectivity index is 1.37. The van der Waals surface area contributed by atoms with E-state index >= 15 is 0 Å². The number of nitrogens with one attached hydrogen (secondary N) is 1. The van der Waals surface area contributed by atoms with E-state index in [2.05, 4.69) is 41.5 Å². The van der Waals surface area contributed by atoms with E-state index in [0.29, 0.717) is 17.5 Å². The van der Waals surface area contributed by atoms with E-state index in [1.165, 1.54) is 42.6 Å². The van der Waals surface area contributed by atoms with E-state index < -0.39 is 0 Å². The Hall–Kier alpha value is -1.68. The molecule has 2 aromatic rings. The van der Waals surface area contributed by atoms with Crippen LogP contribution in [0.25, 0.3) is 11.3 Å². The molecule has 2 aliphatic rings. The van der Waals surface area contributed by atoms with Crippen LogP contribution >= 0.6 is 11.3 Å². The monoisotopic (exact) mass is 326 g/mol. The minimum atomic E-state index is 0.132. The van der Waals surface area contributed by atoms with Gasteiger partial charge in [-0.15, -0.1) is 11.3 Å². The third kappa shape index (κ3) is 3.18. The molecule has 4 heteroatoms. The highest BCUT2D eigenvalue weighted by Crippen LogP contribution is 2.49. The fourth-order valence-electron chi connectivity index (χ4n) is 4.22. The predicted molar refractivity (Wildman–Crippen MR) is 94.5 cm³/mol. The molecule has 0 aliphatic heterocycles. The molecular formula is C19H22N2OS. The third-order valence-corrected chi connectivity index (χ3v) is 6.19. The Labute approximate surface area is 141 Å². The van der Waals surface area contributed by atoms with Crippen molar-refractivity contribution >= 4 is 22.4 Å². The van der Waals surface area contributed by atoms with Gasteiger partial charge in [-0.25, -0.2) is 4.98 Å². The van der Waals surface area contributed by atoms with E-state index in [1.807, 2.05) is 5.38 Å². The minimum absolute atomic E-state index is 0.132. The SMILES string of the molecule is Cc1ccc(-c2csc(NC(=O)C[C@@H]3C[C@@H]4CC[C@@H]3C4)n2)cc1. The molecule has 1 aromatic carbocycles. The number of nitrogens with zero attached hydrogens (tertiary/aromatic N) is 1. The van der Waals surface area contributed by atoms with Crippen molar-refractivity contribution < 1.29 is 4.79 Å². The van der Waals surface area contributed by atoms with Crippen LogP contribution < -0.4 is 5.32 Å². The van der Waals surface area contributed by atoms with Crippen molar-refractivity contribution in [2.24, 2.45) is 17.8 Å². The lowest BCUT2D eigenvalue weighted by atomic mass is 9.86. The van der Waals surface area contributed by atoms with Gasteiger partial charge in [0.1, 0.15) is 0 Å². The molecule has 0 saturated heterocycles. The Morgan fingerprint density at radius 3 is 2.78 bits per heavy atom. The second kappa shape index (κ2) is 6.08. The van der Waals surface area contributed by atoms with Crippen molar-refractivity contribution in [2.75, 3.05) is 5.32 Å². The van der Waals surface area contributed by atoms with Gasteiger partial charge >= 0.3 is 0 Å². The summed E-state index contributed by atoms with van der Waals surface area (Å²) in [5.41, 5.74) is 3.27. The van der Waals surface area contributed by atoms with Gasteiger partial charge in [0.05, 0.1) is 5.69 Å². The number of aryl methyl sites for hydroxylation is 1. The average molecular weight is 326 g/mol. The molecule has 3 atom stereocenters. The third-order valence-electron chi connectivity index (χ3n) is 5.43. The summed E-state index contributed by atoms with van der Waals surface area (Å²) in [5, 5.41) is 5.73. The predicted octanol–water partition coefficient (Wildman–Crippen LogP) is 4.88. The molecule has 4 rings (SSSR count). The molecule has 1 heterocycles. The number of amides is 1. The first kappa shape index (κ1) is 14.9. The van der Waals surface area contributed by atoms with Gasteiger partial charge in [-0.2, -0.15) is 0 Å². The number of aromatic nitrogens is 1. The van der Waals surface area contributed by atoms with Gasteiger partial charge < -0.3 is 5.32 Å². The summed E-state index contributed by atoms with van der Waals surface area (Å²) < 4.78 is 0. The van der Waals surface area contributed by atoms with Crippen molar-refractivity contribution in [1.82, 2.24) is 4.98 Å². The molecule has 2 bridgehead atoms. The lowest BCUT2D eigenvalue weighted by Crippen LogP contribution is -2.20. The van der Waals surface area contributed by atoms with Crippen LogP contribution in [-0.2, 0) is 4.79 Å². The molecular weight excluding hydrogens is 304 g/mol. The highest BCUT2D eigenvalue weighted by atomic mass is 32.1. The maximum absolute atomic E-state index is 12.3. The molecule has 1 aromatic heterocycles. The quantitative estimate of drug-likeness (QED) is 0.869. The van der Waals surface area contributed by atoms with Gasteiger partial charge in [-0.05, 0) is 43.9 Å². The topological polar surface area (TPSA) is 42.0 Å². The number of rotatable bonds is 4. The van der Waals surface area contributed by atoms with Crippen LogP contribution in [0.5, 0.6) is 0 Å². The zero-order valence-electron chi connectivity index (χ0n) is 13.4. The van der Waals surface area contributed by atoms with E-state index in [4.69, 9.17) is 0 Å². The molecule has 2 saturated carbocycles. The molecule has 23 heavy (non-hydrogen) atoms. The fraction of sp³-hybridized carbons (Fsp3) is 0.474. The smallest absolute Gasteiger partial charge is 0.226 e. The van der Waals surface area contributed by atoms with Crippen LogP contribution in [-0.4, -0.2) is 10.9 Å². The molecule has 0 unspecified atom stereocenters. The molecule has 1 N–H and O–H groups in total. The van der Waals surface area contributed by atoms with Crippen molar-refractivity contribution in [1.29, 1.82) is 0 Å². The molecule has 0 spiro atoms. The second-order valence-electron chi connectivity index (χ2n) is 7.09. The lowest BCUT2D eigenvalue weighted by molar-refractivity contribution is -0.117. The lowest BCUT2D eigenvalue weighted by Gasteiger charge is -2.20. The summed E-state index contributed by atoms with van der Waals surface area (Å²) in [6, 6.07) is 8.32. The van der Waals surface area contributed by atoms with Gasteiger partial charge in [-0.1, -0.05) is 36.2 Å². The number of benzene rings is 1. The van der Waals surface area contributed by atoms with Crippen LogP contribution in [0.1, 0.15) is 37.7 Å². The minimum Gasteiger partial charge on any atom is -0.302 e. The highest BCUT2D eigenvalue weighted by molar-refractivity contribution is 7.14. The Kier molecular flexibility index (Phi) is 3.93. The number of anilines is 1. The Morgan fingerprint density at radius 2 is 2.09 bits per heavy atom. The van der Waals surface area contributed by atoms with E-state index in [1.54, 1.807) is 0 Å². The Morgan fingerprint density at radius 1 is 1.26 bits per heavy atom. The maximum Gasteiger partial charge on any atom is 0.226 e. The first-order valence-electron chi connectivity index (χ1n) is 8.50. The van der Waals surface area contributed by atoms with Gasteiger partial charge in [0, 0.05) is 17.4 Å². The summed E-state index contributed by atoms with van der Waals surface area (Å²) in [6.45, 7) is 2.08. The first-order valence-corrected chi connectivity index (χ1v) is 9.38. The average Bonchev–Trinajstić information content (AvgIpc) is 3.24. The van der Waals surface area contributed by atoms with E-state index in [-0.39, 0.29) is 5.91 Å². The van der Waals surface area contributed by atoms with Crippen LogP contribution in [0.3, 0.4) is 0 Å². The van der Waals surface area contributed by atoms with Crippen molar-refractivity contribution in [3.8, 4) is 11.3 Å².